The maximum absolute atomic E-state index is 12.4. The molecule has 3 rings (SSSR count). The Morgan fingerprint density at radius 2 is 1.83 bits per heavy atom. The molecule has 1 aliphatic rings. The number of Topliss-reactive ketones (excluding diaryl/α,β-unsaturated/α-hetero) is 1. The summed E-state index contributed by atoms with van der Waals surface area (Å²) in [5.41, 5.74) is 1.38. The molecule has 0 aliphatic carbocycles. The third-order valence-electron chi connectivity index (χ3n) is 4.68. The van der Waals surface area contributed by atoms with Gasteiger partial charge >= 0.3 is 6.18 Å². The molecule has 9 heteroatoms. The van der Waals surface area contributed by atoms with E-state index in [9.17, 15) is 18.0 Å². The number of alkyl halides is 3. The number of carbonyl (C=O) groups is 1. The average Bonchev–Trinajstić information content (AvgIpc) is 3.21. The van der Waals surface area contributed by atoms with Crippen LogP contribution in [0.1, 0.15) is 43.4 Å². The van der Waals surface area contributed by atoms with E-state index in [2.05, 4.69) is 24.6 Å². The zero-order chi connectivity index (χ0) is 20.9. The van der Waals surface area contributed by atoms with Gasteiger partial charge in [0.05, 0.1) is 6.20 Å². The van der Waals surface area contributed by atoms with E-state index in [-0.39, 0.29) is 30.3 Å². The molecule has 2 aromatic heterocycles. The number of hydrogen-bond donors (Lipinski definition) is 0. The van der Waals surface area contributed by atoms with E-state index in [1.807, 2.05) is 6.92 Å². The lowest BCUT2D eigenvalue weighted by molar-refractivity contribution is -0.153. The Morgan fingerprint density at radius 3 is 2.41 bits per heavy atom. The smallest absolute Gasteiger partial charge is 0.422 e. The van der Waals surface area contributed by atoms with Crippen LogP contribution in [-0.2, 0) is 11.2 Å². The Kier molecular flexibility index (Phi) is 6.66. The third-order valence-corrected chi connectivity index (χ3v) is 4.68. The minimum atomic E-state index is -4.39. The largest absolute Gasteiger partial charge is 0.483 e. The molecule has 1 saturated heterocycles. The van der Waals surface area contributed by atoms with Crippen LogP contribution >= 0.6 is 0 Å². The van der Waals surface area contributed by atoms with Crippen molar-refractivity contribution in [3.63, 3.8) is 0 Å². The quantitative estimate of drug-likeness (QED) is 0.663. The van der Waals surface area contributed by atoms with Crippen LogP contribution in [0.4, 0.5) is 19.1 Å². The second-order valence-corrected chi connectivity index (χ2v) is 7.23. The van der Waals surface area contributed by atoms with Gasteiger partial charge < -0.3 is 9.64 Å². The van der Waals surface area contributed by atoms with Crippen molar-refractivity contribution >= 4 is 11.7 Å². The van der Waals surface area contributed by atoms with Gasteiger partial charge in [0.2, 0.25) is 5.95 Å². The fourth-order valence-corrected chi connectivity index (χ4v) is 3.20. The second kappa shape index (κ2) is 9.19. The van der Waals surface area contributed by atoms with Crippen molar-refractivity contribution < 1.29 is 22.7 Å². The summed E-state index contributed by atoms with van der Waals surface area (Å²) in [4.78, 5) is 27.3. The van der Waals surface area contributed by atoms with Crippen molar-refractivity contribution in [2.75, 3.05) is 24.6 Å². The highest BCUT2D eigenvalue weighted by atomic mass is 19.4. The second-order valence-electron chi connectivity index (χ2n) is 7.23. The number of carbonyl (C=O) groups excluding carboxylic acids is 1. The lowest BCUT2D eigenvalue weighted by Gasteiger charge is -2.15. The van der Waals surface area contributed by atoms with E-state index >= 15 is 0 Å². The van der Waals surface area contributed by atoms with Gasteiger partial charge in [-0.15, -0.1) is 0 Å². The molecule has 0 saturated carbocycles. The third kappa shape index (κ3) is 6.40. The fourth-order valence-electron chi connectivity index (χ4n) is 3.20. The molecule has 1 aliphatic heterocycles. The minimum absolute atomic E-state index is 0.0224. The first-order chi connectivity index (χ1) is 13.8. The van der Waals surface area contributed by atoms with E-state index in [4.69, 9.17) is 0 Å². The molecule has 1 atom stereocenters. The molecule has 6 nitrogen and oxygen atoms in total. The van der Waals surface area contributed by atoms with Crippen LogP contribution in [0.15, 0.2) is 30.7 Å². The minimum Gasteiger partial charge on any atom is -0.483 e. The Morgan fingerprint density at radius 1 is 1.14 bits per heavy atom. The highest BCUT2D eigenvalue weighted by Gasteiger charge is 2.28. The van der Waals surface area contributed by atoms with Crippen LogP contribution in [0.3, 0.4) is 0 Å². The highest BCUT2D eigenvalue weighted by molar-refractivity contribution is 5.81. The molecule has 0 aromatic carbocycles. The maximum atomic E-state index is 12.4. The molecule has 0 N–H and O–H groups in total. The number of ether oxygens (including phenoxy) is 1. The first-order valence-electron chi connectivity index (χ1n) is 9.53. The van der Waals surface area contributed by atoms with Gasteiger partial charge in [-0.25, -0.2) is 9.97 Å². The van der Waals surface area contributed by atoms with E-state index in [1.165, 1.54) is 12.3 Å². The summed E-state index contributed by atoms with van der Waals surface area (Å²) in [7, 11) is 0. The van der Waals surface area contributed by atoms with Crippen molar-refractivity contribution in [1.82, 2.24) is 15.0 Å². The molecule has 3 heterocycles. The SMILES string of the molecule is C[C@@H](CC(=O)Cc1cnc(N2CCCC2)nc1)c1ccc(OCC(F)(F)F)cn1. The van der Waals surface area contributed by atoms with Crippen LogP contribution in [-0.4, -0.2) is 46.6 Å². The molecule has 1 fully saturated rings. The summed E-state index contributed by atoms with van der Waals surface area (Å²) in [6, 6.07) is 3.01. The summed E-state index contributed by atoms with van der Waals surface area (Å²) in [6.07, 6.45) is 3.02. The summed E-state index contributed by atoms with van der Waals surface area (Å²) in [6.45, 7) is 2.41. The molecule has 0 radical (unpaired) electrons. The number of aromatic nitrogens is 3. The van der Waals surface area contributed by atoms with Crippen LogP contribution in [0.5, 0.6) is 5.75 Å². The summed E-state index contributed by atoms with van der Waals surface area (Å²) >= 11 is 0. The topological polar surface area (TPSA) is 68.2 Å². The Labute approximate surface area is 167 Å². The first-order valence-corrected chi connectivity index (χ1v) is 9.53. The summed E-state index contributed by atoms with van der Waals surface area (Å²) < 4.78 is 41.2. The lowest BCUT2D eigenvalue weighted by atomic mass is 9.97. The van der Waals surface area contributed by atoms with Gasteiger partial charge in [0.15, 0.2) is 6.61 Å². The average molecular weight is 408 g/mol. The van der Waals surface area contributed by atoms with E-state index in [0.717, 1.165) is 31.5 Å². The molecule has 0 spiro atoms. The first kappa shape index (κ1) is 21.0. The van der Waals surface area contributed by atoms with Crippen molar-refractivity contribution in [2.24, 2.45) is 0 Å². The predicted molar refractivity (Wildman–Crippen MR) is 101 cm³/mol. The molecular weight excluding hydrogens is 385 g/mol. The number of halogens is 3. The van der Waals surface area contributed by atoms with Crippen LogP contribution in [0.25, 0.3) is 0 Å². The molecule has 0 unspecified atom stereocenters. The zero-order valence-electron chi connectivity index (χ0n) is 16.2. The molecule has 0 amide bonds. The van der Waals surface area contributed by atoms with Gasteiger partial charge in [-0.1, -0.05) is 6.92 Å². The molecular formula is C20H23F3N4O2. The Bertz CT molecular complexity index is 804. The lowest BCUT2D eigenvalue weighted by Crippen LogP contribution is -2.20. The predicted octanol–water partition coefficient (Wildman–Crippen LogP) is 3.72. The van der Waals surface area contributed by atoms with Crippen molar-refractivity contribution in [3.8, 4) is 5.75 Å². The number of nitrogens with zero attached hydrogens (tertiary/aromatic N) is 4. The zero-order valence-corrected chi connectivity index (χ0v) is 16.2. The number of ketones is 1. The van der Waals surface area contributed by atoms with Gasteiger partial charge in [-0.3, -0.25) is 9.78 Å². The standard InChI is InChI=1S/C20H23F3N4O2/c1-14(18-5-4-17(12-24-18)29-13-20(21,22)23)8-16(28)9-15-10-25-19(26-11-15)27-6-2-3-7-27/h4-5,10-12,14H,2-3,6-9,13H2,1H3/t14-/m0/s1. The van der Waals surface area contributed by atoms with Gasteiger partial charge in [0, 0.05) is 49.9 Å². The number of rotatable bonds is 8. The normalized spacial score (nSPS) is 15.4. The molecule has 2 aromatic rings. The van der Waals surface area contributed by atoms with Crippen molar-refractivity contribution in [1.29, 1.82) is 0 Å². The number of pyridine rings is 1. The molecule has 29 heavy (non-hydrogen) atoms. The highest BCUT2D eigenvalue weighted by Crippen LogP contribution is 2.22. The monoisotopic (exact) mass is 408 g/mol. The van der Waals surface area contributed by atoms with Crippen LogP contribution in [0, 0.1) is 0 Å². The van der Waals surface area contributed by atoms with Gasteiger partial charge in [0.1, 0.15) is 11.5 Å². The van der Waals surface area contributed by atoms with Crippen LogP contribution < -0.4 is 9.64 Å². The summed E-state index contributed by atoms with van der Waals surface area (Å²) in [5.74, 6) is 0.599. The van der Waals surface area contributed by atoms with E-state index in [0.29, 0.717) is 11.6 Å². The van der Waals surface area contributed by atoms with Gasteiger partial charge in [-0.2, -0.15) is 13.2 Å². The fraction of sp³-hybridized carbons (Fsp3) is 0.500. The molecule has 0 bridgehead atoms. The van der Waals surface area contributed by atoms with E-state index < -0.39 is 12.8 Å². The van der Waals surface area contributed by atoms with Gasteiger partial charge in [-0.05, 0) is 30.5 Å². The van der Waals surface area contributed by atoms with E-state index in [1.54, 1.807) is 18.5 Å². The molecule has 156 valence electrons. The van der Waals surface area contributed by atoms with Crippen molar-refractivity contribution in [3.05, 3.63) is 42.0 Å². The van der Waals surface area contributed by atoms with Crippen molar-refractivity contribution in [2.45, 2.75) is 44.7 Å². The summed E-state index contributed by atoms with van der Waals surface area (Å²) in [5, 5.41) is 0. The Balaban J connectivity index is 1.49. The number of anilines is 1. The van der Waals surface area contributed by atoms with Crippen LogP contribution in [0.2, 0.25) is 0 Å². The number of hydrogen-bond acceptors (Lipinski definition) is 6. The van der Waals surface area contributed by atoms with Gasteiger partial charge in [0.25, 0.3) is 0 Å². The Hall–Kier alpha value is -2.71. The maximum Gasteiger partial charge on any atom is 0.422 e.